The van der Waals surface area contributed by atoms with Gasteiger partial charge in [-0.15, -0.1) is 10.2 Å². The van der Waals surface area contributed by atoms with Gasteiger partial charge < -0.3 is 15.0 Å². The number of rotatable bonds is 5. The van der Waals surface area contributed by atoms with Crippen molar-refractivity contribution >= 4 is 11.9 Å². The molecule has 110 valence electrons. The van der Waals surface area contributed by atoms with Crippen LogP contribution in [0.25, 0.3) is 0 Å². The first-order valence-corrected chi connectivity index (χ1v) is 6.99. The van der Waals surface area contributed by atoms with Crippen LogP contribution in [0.5, 0.6) is 0 Å². The zero-order chi connectivity index (χ0) is 14.5. The number of aryl methyl sites for hydroxylation is 1. The number of aliphatic carboxylic acids is 1. The molecule has 1 aromatic rings. The van der Waals surface area contributed by atoms with E-state index in [1.807, 2.05) is 11.5 Å². The lowest BCUT2D eigenvalue weighted by Crippen LogP contribution is -2.34. The van der Waals surface area contributed by atoms with Gasteiger partial charge in [0, 0.05) is 12.5 Å². The highest BCUT2D eigenvalue weighted by atomic mass is 16.4. The molecule has 1 aliphatic carbocycles. The van der Waals surface area contributed by atoms with Gasteiger partial charge in [-0.3, -0.25) is 9.59 Å². The summed E-state index contributed by atoms with van der Waals surface area (Å²) in [6.45, 7) is 3.12. The van der Waals surface area contributed by atoms with Crippen molar-refractivity contribution in [2.75, 3.05) is 0 Å². The molecule has 2 rings (SSSR count). The highest BCUT2D eigenvalue weighted by Gasteiger charge is 2.29. The Kier molecular flexibility index (Phi) is 4.70. The maximum Gasteiger partial charge on any atom is 0.306 e. The van der Waals surface area contributed by atoms with E-state index in [1.165, 1.54) is 0 Å². The minimum atomic E-state index is -0.750. The van der Waals surface area contributed by atoms with Gasteiger partial charge in [-0.05, 0) is 32.6 Å². The average Bonchev–Trinajstić information content (AvgIpc) is 2.92. The summed E-state index contributed by atoms with van der Waals surface area (Å²) in [7, 11) is 0. The summed E-state index contributed by atoms with van der Waals surface area (Å²) in [6, 6.07) is 0. The minimum absolute atomic E-state index is 0.0144. The molecule has 1 aromatic heterocycles. The fourth-order valence-electron chi connectivity index (χ4n) is 2.59. The molecule has 0 saturated heterocycles. The molecule has 1 aliphatic rings. The van der Waals surface area contributed by atoms with E-state index < -0.39 is 5.97 Å². The normalized spacial score (nSPS) is 22.4. The molecule has 7 heteroatoms. The summed E-state index contributed by atoms with van der Waals surface area (Å²) in [5, 5.41) is 19.6. The van der Waals surface area contributed by atoms with E-state index in [4.69, 9.17) is 5.11 Å². The Morgan fingerprint density at radius 3 is 2.60 bits per heavy atom. The molecule has 0 radical (unpaired) electrons. The van der Waals surface area contributed by atoms with Gasteiger partial charge in [-0.1, -0.05) is 0 Å². The van der Waals surface area contributed by atoms with Crippen LogP contribution in [-0.2, 0) is 22.7 Å². The Morgan fingerprint density at radius 1 is 1.35 bits per heavy atom. The molecular formula is C13H20N4O3. The summed E-state index contributed by atoms with van der Waals surface area (Å²) >= 11 is 0. The SMILES string of the molecule is CCn1cnnc1CNC(=O)C1CCC(C(=O)O)CC1. The zero-order valence-corrected chi connectivity index (χ0v) is 11.6. The third-order valence-corrected chi connectivity index (χ3v) is 3.90. The lowest BCUT2D eigenvalue weighted by Gasteiger charge is -2.25. The Balaban J connectivity index is 1.80. The van der Waals surface area contributed by atoms with Gasteiger partial charge in [0.25, 0.3) is 0 Å². The van der Waals surface area contributed by atoms with Gasteiger partial charge in [-0.2, -0.15) is 0 Å². The third-order valence-electron chi connectivity index (χ3n) is 3.90. The Morgan fingerprint density at radius 2 is 2.00 bits per heavy atom. The summed E-state index contributed by atoms with van der Waals surface area (Å²) in [5.41, 5.74) is 0. The molecule has 2 N–H and O–H groups in total. The van der Waals surface area contributed by atoms with Crippen molar-refractivity contribution in [2.45, 2.75) is 45.7 Å². The predicted molar refractivity (Wildman–Crippen MR) is 70.6 cm³/mol. The summed E-state index contributed by atoms with van der Waals surface area (Å²) in [4.78, 5) is 22.9. The van der Waals surface area contributed by atoms with Gasteiger partial charge in [0.1, 0.15) is 6.33 Å². The Labute approximate surface area is 117 Å². The number of carbonyl (C=O) groups is 2. The number of amides is 1. The van der Waals surface area contributed by atoms with Gasteiger partial charge in [0.2, 0.25) is 5.91 Å². The third kappa shape index (κ3) is 3.34. The number of carbonyl (C=O) groups excluding carboxylic acids is 1. The van der Waals surface area contributed by atoms with Crippen LogP contribution in [0.1, 0.15) is 38.4 Å². The van der Waals surface area contributed by atoms with E-state index in [1.54, 1.807) is 6.33 Å². The second-order valence-electron chi connectivity index (χ2n) is 5.14. The van der Waals surface area contributed by atoms with E-state index in [0.29, 0.717) is 32.2 Å². The van der Waals surface area contributed by atoms with E-state index in [0.717, 1.165) is 12.4 Å². The first-order chi connectivity index (χ1) is 9.61. The van der Waals surface area contributed by atoms with E-state index >= 15 is 0 Å². The molecule has 0 bridgehead atoms. The number of hydrogen-bond acceptors (Lipinski definition) is 4. The van der Waals surface area contributed by atoms with Crippen molar-refractivity contribution in [1.82, 2.24) is 20.1 Å². The molecule has 1 saturated carbocycles. The van der Waals surface area contributed by atoms with Crippen LogP contribution in [0.15, 0.2) is 6.33 Å². The first kappa shape index (κ1) is 14.5. The largest absolute Gasteiger partial charge is 0.481 e. The lowest BCUT2D eigenvalue weighted by atomic mass is 9.81. The van der Waals surface area contributed by atoms with E-state index in [-0.39, 0.29) is 17.7 Å². The monoisotopic (exact) mass is 280 g/mol. The molecule has 0 atom stereocenters. The van der Waals surface area contributed by atoms with Crippen LogP contribution in [0, 0.1) is 11.8 Å². The molecule has 1 amide bonds. The number of aromatic nitrogens is 3. The van der Waals surface area contributed by atoms with Crippen molar-refractivity contribution in [1.29, 1.82) is 0 Å². The second-order valence-corrected chi connectivity index (χ2v) is 5.14. The minimum Gasteiger partial charge on any atom is -0.481 e. The number of nitrogens with zero attached hydrogens (tertiary/aromatic N) is 3. The van der Waals surface area contributed by atoms with Crippen molar-refractivity contribution in [3.63, 3.8) is 0 Å². The maximum absolute atomic E-state index is 12.1. The fourth-order valence-corrected chi connectivity index (χ4v) is 2.59. The zero-order valence-electron chi connectivity index (χ0n) is 11.6. The van der Waals surface area contributed by atoms with Crippen molar-refractivity contribution < 1.29 is 14.7 Å². The van der Waals surface area contributed by atoms with Crippen LogP contribution < -0.4 is 5.32 Å². The summed E-state index contributed by atoms with van der Waals surface area (Å²) < 4.78 is 1.88. The smallest absolute Gasteiger partial charge is 0.306 e. The van der Waals surface area contributed by atoms with Crippen LogP contribution in [0.4, 0.5) is 0 Å². The summed E-state index contributed by atoms with van der Waals surface area (Å²) in [5.74, 6) is -0.398. The van der Waals surface area contributed by atoms with Crippen LogP contribution in [0.2, 0.25) is 0 Å². The predicted octanol–water partition coefficient (Wildman–Crippen LogP) is 0.805. The number of carboxylic acids is 1. The molecule has 20 heavy (non-hydrogen) atoms. The molecule has 0 unspecified atom stereocenters. The quantitative estimate of drug-likeness (QED) is 0.831. The van der Waals surface area contributed by atoms with E-state index in [9.17, 15) is 9.59 Å². The second kappa shape index (κ2) is 6.49. The standard InChI is InChI=1S/C13H20N4O3/c1-2-17-8-15-16-11(17)7-14-12(18)9-3-5-10(6-4-9)13(19)20/h8-10H,2-7H2,1H3,(H,14,18)(H,19,20). The van der Waals surface area contributed by atoms with Gasteiger partial charge in [0.05, 0.1) is 12.5 Å². The van der Waals surface area contributed by atoms with Crippen LogP contribution >= 0.6 is 0 Å². The Bertz CT molecular complexity index is 478. The van der Waals surface area contributed by atoms with E-state index in [2.05, 4.69) is 15.5 Å². The Hall–Kier alpha value is -1.92. The van der Waals surface area contributed by atoms with Gasteiger partial charge in [0.15, 0.2) is 5.82 Å². The molecule has 1 heterocycles. The molecule has 0 spiro atoms. The highest BCUT2D eigenvalue weighted by Crippen LogP contribution is 2.29. The van der Waals surface area contributed by atoms with Gasteiger partial charge >= 0.3 is 5.97 Å². The highest BCUT2D eigenvalue weighted by molar-refractivity contribution is 5.79. The molecular weight excluding hydrogens is 260 g/mol. The maximum atomic E-state index is 12.1. The average molecular weight is 280 g/mol. The van der Waals surface area contributed by atoms with Crippen molar-refractivity contribution in [3.05, 3.63) is 12.2 Å². The van der Waals surface area contributed by atoms with Crippen molar-refractivity contribution in [2.24, 2.45) is 11.8 Å². The number of nitrogens with one attached hydrogen (secondary N) is 1. The van der Waals surface area contributed by atoms with Crippen LogP contribution in [-0.4, -0.2) is 31.7 Å². The molecule has 0 aliphatic heterocycles. The molecule has 7 nitrogen and oxygen atoms in total. The molecule has 0 aromatic carbocycles. The van der Waals surface area contributed by atoms with Crippen molar-refractivity contribution in [3.8, 4) is 0 Å². The summed E-state index contributed by atoms with van der Waals surface area (Å²) in [6.07, 6.45) is 4.09. The topological polar surface area (TPSA) is 97.1 Å². The lowest BCUT2D eigenvalue weighted by molar-refractivity contribution is -0.144. The number of carboxylic acid groups (broad SMARTS) is 1. The fraction of sp³-hybridized carbons (Fsp3) is 0.692. The molecule has 1 fully saturated rings. The number of hydrogen-bond donors (Lipinski definition) is 2. The first-order valence-electron chi connectivity index (χ1n) is 6.99. The van der Waals surface area contributed by atoms with Crippen LogP contribution in [0.3, 0.4) is 0 Å². The van der Waals surface area contributed by atoms with Gasteiger partial charge in [-0.25, -0.2) is 0 Å².